The number of amides is 1. The molecule has 0 heterocycles. The molecule has 2 N–H and O–H groups in total. The van der Waals surface area contributed by atoms with Crippen molar-refractivity contribution in [3.8, 4) is 0 Å². The molecule has 0 saturated carbocycles. The van der Waals surface area contributed by atoms with Gasteiger partial charge in [0.2, 0.25) is 0 Å². The zero-order chi connectivity index (χ0) is 20.9. The van der Waals surface area contributed by atoms with Gasteiger partial charge in [-0.15, -0.1) is 0 Å². The van der Waals surface area contributed by atoms with Crippen LogP contribution in [0.3, 0.4) is 0 Å². The zero-order valence-corrected chi connectivity index (χ0v) is 18.0. The third-order valence-corrected chi connectivity index (χ3v) is 5.89. The van der Waals surface area contributed by atoms with Gasteiger partial charge in [0.05, 0.1) is 22.4 Å². The predicted octanol–water partition coefficient (Wildman–Crippen LogP) is 4.67. The molecule has 3 aromatic carbocycles. The maximum absolute atomic E-state index is 12.6. The summed E-state index contributed by atoms with van der Waals surface area (Å²) in [4.78, 5) is 12.5. The molecule has 3 rings (SSSR count). The molecule has 0 unspecified atom stereocenters. The van der Waals surface area contributed by atoms with Gasteiger partial charge in [-0.25, -0.2) is 13.8 Å². The summed E-state index contributed by atoms with van der Waals surface area (Å²) in [5.74, 6) is -0.550. The second kappa shape index (κ2) is 9.21. The largest absolute Gasteiger partial charge is 0.279 e. The van der Waals surface area contributed by atoms with Crippen molar-refractivity contribution in [2.24, 2.45) is 5.10 Å². The fourth-order valence-electron chi connectivity index (χ4n) is 2.40. The van der Waals surface area contributed by atoms with E-state index in [9.17, 15) is 13.2 Å². The Labute approximate surface area is 181 Å². The van der Waals surface area contributed by atoms with Crippen LogP contribution in [-0.4, -0.2) is 20.5 Å². The Kier molecular flexibility index (Phi) is 6.68. The van der Waals surface area contributed by atoms with Crippen LogP contribution in [-0.2, 0) is 10.0 Å². The average Bonchev–Trinajstić information content (AvgIpc) is 2.68. The lowest BCUT2D eigenvalue weighted by Gasteiger charge is -2.11. The number of benzene rings is 3. The highest BCUT2D eigenvalue weighted by molar-refractivity contribution is 9.10. The molecule has 0 atom stereocenters. The number of nitrogens with one attached hydrogen (secondary N) is 2. The van der Waals surface area contributed by atoms with Crippen molar-refractivity contribution < 1.29 is 13.2 Å². The van der Waals surface area contributed by atoms with Gasteiger partial charge in [-0.1, -0.05) is 51.8 Å². The van der Waals surface area contributed by atoms with Crippen LogP contribution in [0.4, 0.5) is 5.69 Å². The summed E-state index contributed by atoms with van der Waals surface area (Å²) in [7, 11) is -3.89. The standard InChI is InChI=1S/C20H15BrClN3O3S/c21-15-5-3-4-14(12-15)13-23-24-20(26)18-6-1-2-7-19(18)25-29(27,28)17-10-8-16(22)9-11-17/h1-13,25H,(H,24,26). The lowest BCUT2D eigenvalue weighted by atomic mass is 10.2. The molecule has 0 aliphatic heterocycles. The van der Waals surface area contributed by atoms with Crippen LogP contribution in [0.15, 0.2) is 87.3 Å². The number of hydrazone groups is 1. The number of para-hydroxylation sites is 1. The first kappa shape index (κ1) is 21.0. The number of halogens is 2. The van der Waals surface area contributed by atoms with Crippen LogP contribution in [0.5, 0.6) is 0 Å². The monoisotopic (exact) mass is 491 g/mol. The van der Waals surface area contributed by atoms with E-state index in [0.717, 1.165) is 10.0 Å². The van der Waals surface area contributed by atoms with Gasteiger partial charge < -0.3 is 0 Å². The van der Waals surface area contributed by atoms with Crippen molar-refractivity contribution in [3.63, 3.8) is 0 Å². The average molecular weight is 493 g/mol. The Balaban J connectivity index is 1.77. The Morgan fingerprint density at radius 3 is 2.45 bits per heavy atom. The first-order chi connectivity index (χ1) is 13.8. The summed E-state index contributed by atoms with van der Waals surface area (Å²) >= 11 is 9.16. The molecule has 9 heteroatoms. The Morgan fingerprint density at radius 1 is 1.00 bits per heavy atom. The van der Waals surface area contributed by atoms with Crippen LogP contribution in [0, 0.1) is 0 Å². The molecule has 0 aromatic heterocycles. The molecular weight excluding hydrogens is 478 g/mol. The highest BCUT2D eigenvalue weighted by atomic mass is 79.9. The van der Waals surface area contributed by atoms with Crippen molar-refractivity contribution in [2.45, 2.75) is 4.90 Å². The maximum atomic E-state index is 12.6. The lowest BCUT2D eigenvalue weighted by molar-refractivity contribution is 0.0956. The Morgan fingerprint density at radius 2 is 1.72 bits per heavy atom. The van der Waals surface area contributed by atoms with Crippen LogP contribution < -0.4 is 10.1 Å². The van der Waals surface area contributed by atoms with E-state index >= 15 is 0 Å². The molecule has 0 radical (unpaired) electrons. The number of rotatable bonds is 6. The molecule has 148 valence electrons. The van der Waals surface area contributed by atoms with Gasteiger partial charge >= 0.3 is 0 Å². The van der Waals surface area contributed by atoms with Gasteiger partial charge in [0.1, 0.15) is 0 Å². The number of hydrogen-bond acceptors (Lipinski definition) is 4. The van der Waals surface area contributed by atoms with Gasteiger partial charge in [-0.05, 0) is 54.1 Å². The summed E-state index contributed by atoms with van der Waals surface area (Å²) in [6.07, 6.45) is 1.49. The SMILES string of the molecule is O=C(NN=Cc1cccc(Br)c1)c1ccccc1NS(=O)(=O)c1ccc(Cl)cc1. The van der Waals surface area contributed by atoms with Gasteiger partial charge in [0.15, 0.2) is 0 Å². The van der Waals surface area contributed by atoms with Crippen molar-refractivity contribution in [2.75, 3.05) is 4.72 Å². The van der Waals surface area contributed by atoms with Gasteiger partial charge in [0, 0.05) is 9.50 Å². The fraction of sp³-hybridized carbons (Fsp3) is 0. The zero-order valence-electron chi connectivity index (χ0n) is 14.8. The quantitative estimate of drug-likeness (QED) is 0.387. The Hall–Kier alpha value is -2.68. The summed E-state index contributed by atoms with van der Waals surface area (Å²) < 4.78 is 28.5. The van der Waals surface area contributed by atoms with E-state index in [1.165, 1.54) is 42.6 Å². The highest BCUT2D eigenvalue weighted by Gasteiger charge is 2.18. The van der Waals surface area contributed by atoms with Crippen molar-refractivity contribution in [1.29, 1.82) is 0 Å². The Bertz CT molecular complexity index is 1170. The van der Waals surface area contributed by atoms with Crippen LogP contribution in [0.1, 0.15) is 15.9 Å². The number of carbonyl (C=O) groups is 1. The molecule has 0 fully saturated rings. The molecule has 0 spiro atoms. The van der Waals surface area contributed by atoms with Crippen molar-refractivity contribution >= 4 is 55.4 Å². The molecule has 0 bridgehead atoms. The number of hydrogen-bond donors (Lipinski definition) is 2. The smallest absolute Gasteiger partial charge is 0.273 e. The third-order valence-electron chi connectivity index (χ3n) is 3.77. The molecule has 29 heavy (non-hydrogen) atoms. The number of anilines is 1. The minimum Gasteiger partial charge on any atom is -0.279 e. The van der Waals surface area contributed by atoms with Gasteiger partial charge in [-0.2, -0.15) is 5.10 Å². The maximum Gasteiger partial charge on any atom is 0.273 e. The summed E-state index contributed by atoms with van der Waals surface area (Å²) in [6.45, 7) is 0. The molecular formula is C20H15BrClN3O3S. The van der Waals surface area contributed by atoms with Crippen LogP contribution >= 0.6 is 27.5 Å². The van der Waals surface area contributed by atoms with E-state index in [1.54, 1.807) is 12.1 Å². The normalized spacial score (nSPS) is 11.4. The van der Waals surface area contributed by atoms with E-state index in [0.29, 0.717) is 5.02 Å². The second-order valence-electron chi connectivity index (χ2n) is 5.86. The van der Waals surface area contributed by atoms with E-state index in [-0.39, 0.29) is 16.1 Å². The summed E-state index contributed by atoms with van der Waals surface area (Å²) in [5, 5.41) is 4.35. The highest BCUT2D eigenvalue weighted by Crippen LogP contribution is 2.21. The molecule has 3 aromatic rings. The number of carbonyl (C=O) groups excluding carboxylic acids is 1. The van der Waals surface area contributed by atoms with E-state index in [1.807, 2.05) is 24.3 Å². The minimum atomic E-state index is -3.89. The van der Waals surface area contributed by atoms with Crippen LogP contribution in [0.2, 0.25) is 5.02 Å². The van der Waals surface area contributed by atoms with Crippen LogP contribution in [0.25, 0.3) is 0 Å². The lowest BCUT2D eigenvalue weighted by Crippen LogP contribution is -2.21. The fourth-order valence-corrected chi connectivity index (χ4v) is 4.02. The van der Waals surface area contributed by atoms with E-state index in [2.05, 4.69) is 31.2 Å². The number of nitrogens with zero attached hydrogens (tertiary/aromatic N) is 1. The predicted molar refractivity (Wildman–Crippen MR) is 118 cm³/mol. The molecule has 0 aliphatic rings. The topological polar surface area (TPSA) is 87.6 Å². The molecule has 6 nitrogen and oxygen atoms in total. The molecule has 0 aliphatic carbocycles. The van der Waals surface area contributed by atoms with Gasteiger partial charge in [-0.3, -0.25) is 9.52 Å². The van der Waals surface area contributed by atoms with Crippen molar-refractivity contribution in [3.05, 3.63) is 93.4 Å². The third kappa shape index (κ3) is 5.66. The minimum absolute atomic E-state index is 0.0322. The molecule has 1 amide bonds. The number of sulfonamides is 1. The first-order valence-corrected chi connectivity index (χ1v) is 11.0. The first-order valence-electron chi connectivity index (χ1n) is 8.31. The van der Waals surface area contributed by atoms with Crippen molar-refractivity contribution in [1.82, 2.24) is 5.43 Å². The summed E-state index contributed by atoms with van der Waals surface area (Å²) in [6, 6.07) is 19.4. The molecule has 0 saturated heterocycles. The second-order valence-corrected chi connectivity index (χ2v) is 8.89. The van der Waals surface area contributed by atoms with E-state index < -0.39 is 15.9 Å². The summed E-state index contributed by atoms with van der Waals surface area (Å²) in [5.41, 5.74) is 3.46. The van der Waals surface area contributed by atoms with E-state index in [4.69, 9.17) is 11.6 Å². The van der Waals surface area contributed by atoms with Gasteiger partial charge in [0.25, 0.3) is 15.9 Å².